The van der Waals surface area contributed by atoms with Crippen LogP contribution in [0.25, 0.3) is 11.0 Å². The maximum absolute atomic E-state index is 6.38. The first-order chi connectivity index (χ1) is 9.79. The van der Waals surface area contributed by atoms with Crippen LogP contribution in [0.4, 0.5) is 0 Å². The molecule has 0 spiro atoms. The lowest BCUT2D eigenvalue weighted by molar-refractivity contribution is 0.609. The van der Waals surface area contributed by atoms with Gasteiger partial charge in [0.15, 0.2) is 0 Å². The standard InChI is InChI=1S/C17H19N3/c1-2-20-16-11-7-6-10-15(16)19-17(20)14(18)12-13-8-4-3-5-9-13/h3-11,14H,2,12,18H2,1H3. The van der Waals surface area contributed by atoms with Gasteiger partial charge >= 0.3 is 0 Å². The summed E-state index contributed by atoms with van der Waals surface area (Å²) < 4.78 is 2.21. The molecule has 1 aromatic heterocycles. The van der Waals surface area contributed by atoms with Gasteiger partial charge in [0.25, 0.3) is 0 Å². The zero-order valence-electron chi connectivity index (χ0n) is 11.7. The molecule has 2 aromatic carbocycles. The van der Waals surface area contributed by atoms with Crippen LogP contribution < -0.4 is 5.73 Å². The number of fused-ring (bicyclic) bond motifs is 1. The number of para-hydroxylation sites is 2. The van der Waals surface area contributed by atoms with E-state index in [1.807, 2.05) is 36.4 Å². The molecule has 0 aliphatic carbocycles. The van der Waals surface area contributed by atoms with Crippen molar-refractivity contribution < 1.29 is 0 Å². The summed E-state index contributed by atoms with van der Waals surface area (Å²) in [5, 5.41) is 0. The number of hydrogen-bond donors (Lipinski definition) is 1. The molecule has 0 amide bonds. The Kier molecular flexibility index (Phi) is 3.52. The van der Waals surface area contributed by atoms with Crippen LogP contribution in [-0.4, -0.2) is 9.55 Å². The largest absolute Gasteiger partial charge is 0.327 e. The molecule has 0 fully saturated rings. The number of rotatable bonds is 4. The molecule has 0 bridgehead atoms. The summed E-state index contributed by atoms with van der Waals surface area (Å²) in [4.78, 5) is 4.72. The average Bonchev–Trinajstić information content (AvgIpc) is 2.87. The minimum Gasteiger partial charge on any atom is -0.327 e. The number of nitrogens with zero attached hydrogens (tertiary/aromatic N) is 2. The first-order valence-corrected chi connectivity index (χ1v) is 7.04. The Bertz CT molecular complexity index is 701. The van der Waals surface area contributed by atoms with Gasteiger partial charge < -0.3 is 10.3 Å². The lowest BCUT2D eigenvalue weighted by atomic mass is 10.1. The SMILES string of the molecule is CCn1c(C(N)Cc2ccccc2)nc2ccccc21. The predicted octanol–water partition coefficient (Wildman–Crippen LogP) is 3.30. The van der Waals surface area contributed by atoms with Crippen LogP contribution in [0.15, 0.2) is 54.6 Å². The number of hydrogen-bond acceptors (Lipinski definition) is 2. The van der Waals surface area contributed by atoms with Crippen molar-refractivity contribution in [2.45, 2.75) is 25.9 Å². The molecule has 0 radical (unpaired) electrons. The highest BCUT2D eigenvalue weighted by Gasteiger charge is 2.16. The second-order valence-electron chi connectivity index (χ2n) is 5.00. The third kappa shape index (κ3) is 2.32. The van der Waals surface area contributed by atoms with Gasteiger partial charge in [-0.05, 0) is 31.0 Å². The fraction of sp³-hybridized carbons (Fsp3) is 0.235. The van der Waals surface area contributed by atoms with Crippen molar-refractivity contribution in [3.63, 3.8) is 0 Å². The van der Waals surface area contributed by atoms with Gasteiger partial charge in [0, 0.05) is 6.54 Å². The topological polar surface area (TPSA) is 43.8 Å². The van der Waals surface area contributed by atoms with E-state index in [9.17, 15) is 0 Å². The molecule has 1 atom stereocenters. The fourth-order valence-corrected chi connectivity index (χ4v) is 2.67. The molecular weight excluding hydrogens is 246 g/mol. The first-order valence-electron chi connectivity index (χ1n) is 7.04. The minimum absolute atomic E-state index is 0.0789. The highest BCUT2D eigenvalue weighted by molar-refractivity contribution is 5.76. The van der Waals surface area contributed by atoms with Crippen LogP contribution in [0.3, 0.4) is 0 Å². The number of benzene rings is 2. The van der Waals surface area contributed by atoms with E-state index in [1.54, 1.807) is 0 Å². The summed E-state index contributed by atoms with van der Waals surface area (Å²) in [7, 11) is 0. The molecule has 3 nitrogen and oxygen atoms in total. The third-order valence-corrected chi connectivity index (χ3v) is 3.63. The van der Waals surface area contributed by atoms with Crippen LogP contribution in [-0.2, 0) is 13.0 Å². The maximum atomic E-state index is 6.38. The second kappa shape index (κ2) is 5.47. The molecule has 3 rings (SSSR count). The van der Waals surface area contributed by atoms with Gasteiger partial charge in [-0.2, -0.15) is 0 Å². The van der Waals surface area contributed by atoms with Gasteiger partial charge in [-0.1, -0.05) is 42.5 Å². The summed E-state index contributed by atoms with van der Waals surface area (Å²) in [6.45, 7) is 3.02. The first kappa shape index (κ1) is 12.9. The smallest absolute Gasteiger partial charge is 0.127 e. The summed E-state index contributed by atoms with van der Waals surface area (Å²) in [6.07, 6.45) is 0.810. The molecular formula is C17H19N3. The highest BCUT2D eigenvalue weighted by atomic mass is 15.1. The zero-order chi connectivity index (χ0) is 13.9. The van der Waals surface area contributed by atoms with Crippen LogP contribution in [0.1, 0.15) is 24.4 Å². The highest BCUT2D eigenvalue weighted by Crippen LogP contribution is 2.21. The molecule has 3 aromatic rings. The number of aryl methyl sites for hydroxylation is 1. The monoisotopic (exact) mass is 265 g/mol. The van der Waals surface area contributed by atoms with Crippen LogP contribution in [0, 0.1) is 0 Å². The van der Waals surface area contributed by atoms with Gasteiger partial charge in [0.2, 0.25) is 0 Å². The van der Waals surface area contributed by atoms with Crippen LogP contribution in [0.2, 0.25) is 0 Å². The summed E-state index contributed by atoms with van der Waals surface area (Å²) in [6, 6.07) is 18.5. The van der Waals surface area contributed by atoms with Gasteiger partial charge in [0.05, 0.1) is 17.1 Å². The Hall–Kier alpha value is -2.13. The normalized spacial score (nSPS) is 12.7. The molecule has 1 heterocycles. The second-order valence-corrected chi connectivity index (χ2v) is 5.00. The van der Waals surface area contributed by atoms with E-state index in [0.717, 1.165) is 29.8 Å². The summed E-state index contributed by atoms with van der Waals surface area (Å²) >= 11 is 0. The Balaban J connectivity index is 1.97. The molecule has 0 saturated carbocycles. The van der Waals surface area contributed by atoms with Crippen molar-refractivity contribution in [3.8, 4) is 0 Å². The van der Waals surface area contributed by atoms with Crippen molar-refractivity contribution in [1.82, 2.24) is 9.55 Å². The van der Waals surface area contributed by atoms with E-state index in [2.05, 4.69) is 29.7 Å². The number of imidazole rings is 1. The van der Waals surface area contributed by atoms with Crippen molar-refractivity contribution >= 4 is 11.0 Å². The van der Waals surface area contributed by atoms with Crippen molar-refractivity contribution in [1.29, 1.82) is 0 Å². The van der Waals surface area contributed by atoms with Gasteiger partial charge in [-0.25, -0.2) is 4.98 Å². The molecule has 2 N–H and O–H groups in total. The Morgan fingerprint density at radius 2 is 1.75 bits per heavy atom. The Labute approximate surface area is 119 Å². The summed E-state index contributed by atoms with van der Waals surface area (Å²) in [5.74, 6) is 0.970. The quantitative estimate of drug-likeness (QED) is 0.786. The van der Waals surface area contributed by atoms with E-state index in [1.165, 1.54) is 5.56 Å². The molecule has 102 valence electrons. The predicted molar refractivity (Wildman–Crippen MR) is 82.5 cm³/mol. The van der Waals surface area contributed by atoms with E-state index < -0.39 is 0 Å². The Morgan fingerprint density at radius 3 is 2.50 bits per heavy atom. The molecule has 20 heavy (non-hydrogen) atoms. The minimum atomic E-state index is -0.0789. The average molecular weight is 265 g/mol. The van der Waals surface area contributed by atoms with Crippen molar-refractivity contribution in [3.05, 3.63) is 66.0 Å². The molecule has 0 aliphatic heterocycles. The van der Waals surface area contributed by atoms with Crippen LogP contribution in [0.5, 0.6) is 0 Å². The maximum Gasteiger partial charge on any atom is 0.127 e. The van der Waals surface area contributed by atoms with Crippen molar-refractivity contribution in [2.75, 3.05) is 0 Å². The molecule has 0 saturated heterocycles. The fourth-order valence-electron chi connectivity index (χ4n) is 2.67. The van der Waals surface area contributed by atoms with Crippen LogP contribution >= 0.6 is 0 Å². The Morgan fingerprint density at radius 1 is 1.05 bits per heavy atom. The van der Waals surface area contributed by atoms with E-state index in [4.69, 9.17) is 10.7 Å². The van der Waals surface area contributed by atoms with Crippen molar-refractivity contribution in [2.24, 2.45) is 5.73 Å². The lowest BCUT2D eigenvalue weighted by Crippen LogP contribution is -2.18. The molecule has 0 aliphatic rings. The van der Waals surface area contributed by atoms with E-state index >= 15 is 0 Å². The van der Waals surface area contributed by atoms with E-state index in [0.29, 0.717) is 0 Å². The number of nitrogens with two attached hydrogens (primary N) is 1. The summed E-state index contributed by atoms with van der Waals surface area (Å²) in [5.41, 5.74) is 9.81. The number of aromatic nitrogens is 2. The van der Waals surface area contributed by atoms with E-state index in [-0.39, 0.29) is 6.04 Å². The van der Waals surface area contributed by atoms with Gasteiger partial charge in [-0.3, -0.25) is 0 Å². The lowest BCUT2D eigenvalue weighted by Gasteiger charge is -2.13. The van der Waals surface area contributed by atoms with Gasteiger partial charge in [-0.15, -0.1) is 0 Å². The zero-order valence-corrected chi connectivity index (χ0v) is 11.7. The molecule has 1 unspecified atom stereocenters. The van der Waals surface area contributed by atoms with Gasteiger partial charge in [0.1, 0.15) is 5.82 Å². The third-order valence-electron chi connectivity index (χ3n) is 3.63. The molecule has 3 heteroatoms.